The summed E-state index contributed by atoms with van der Waals surface area (Å²) in [6.07, 6.45) is 1.54. The fourth-order valence-electron chi connectivity index (χ4n) is 2.13. The quantitative estimate of drug-likeness (QED) is 0.786. The summed E-state index contributed by atoms with van der Waals surface area (Å²) in [4.78, 5) is 2.95. The fourth-order valence-corrected chi connectivity index (χ4v) is 3.95. The highest BCUT2D eigenvalue weighted by Crippen LogP contribution is 2.23. The van der Waals surface area contributed by atoms with Crippen molar-refractivity contribution in [1.82, 2.24) is 4.90 Å². The monoisotopic (exact) mass is 306 g/mol. The van der Waals surface area contributed by atoms with Gasteiger partial charge in [-0.05, 0) is 37.4 Å². The lowest BCUT2D eigenvalue weighted by molar-refractivity contribution is 0.313. The molecule has 114 valence electrons. The fraction of sp³-hybridized carbons (Fsp3) is 0.375. The van der Waals surface area contributed by atoms with Gasteiger partial charge in [-0.2, -0.15) is 0 Å². The van der Waals surface area contributed by atoms with E-state index in [4.69, 9.17) is 4.42 Å². The third kappa shape index (κ3) is 3.74. The van der Waals surface area contributed by atoms with Gasteiger partial charge >= 0.3 is 0 Å². The number of rotatable bonds is 7. The number of hydrogen-bond acceptors (Lipinski definition) is 4. The van der Waals surface area contributed by atoms with E-state index in [1.54, 1.807) is 12.1 Å². The maximum atomic E-state index is 13.3. The Morgan fingerprint density at radius 3 is 2.38 bits per heavy atom. The van der Waals surface area contributed by atoms with Gasteiger partial charge in [-0.25, -0.2) is 8.57 Å². The maximum Gasteiger partial charge on any atom is 0.203 e. The number of furan rings is 1. The molecule has 2 aromatic rings. The van der Waals surface area contributed by atoms with Gasteiger partial charge in [-0.1, -0.05) is 32.0 Å². The minimum atomic E-state index is -2.68. The second kappa shape index (κ2) is 7.43. The van der Waals surface area contributed by atoms with Crippen LogP contribution in [0.4, 0.5) is 0 Å². The molecule has 0 aliphatic rings. The highest BCUT2D eigenvalue weighted by atomic mass is 32.2. The lowest BCUT2D eigenvalue weighted by atomic mass is 10.4. The normalized spacial score (nSPS) is 14.0. The zero-order valence-corrected chi connectivity index (χ0v) is 13.4. The second-order valence-corrected chi connectivity index (χ2v) is 6.83. The Kier molecular flexibility index (Phi) is 5.59. The lowest BCUT2D eigenvalue weighted by Gasteiger charge is -2.16. The van der Waals surface area contributed by atoms with Gasteiger partial charge in [0.15, 0.2) is 0 Å². The van der Waals surface area contributed by atoms with E-state index in [1.807, 2.05) is 30.3 Å². The van der Waals surface area contributed by atoms with Gasteiger partial charge in [0.05, 0.1) is 17.7 Å². The van der Waals surface area contributed by atoms with Crippen LogP contribution in [0, 0.1) is 0 Å². The molecule has 0 amide bonds. The van der Waals surface area contributed by atoms with Crippen molar-refractivity contribution in [2.45, 2.75) is 23.8 Å². The Morgan fingerprint density at radius 2 is 1.81 bits per heavy atom. The Balaban J connectivity index is 2.32. The number of benzene rings is 1. The van der Waals surface area contributed by atoms with E-state index < -0.39 is 9.73 Å². The highest BCUT2D eigenvalue weighted by Gasteiger charge is 2.18. The summed E-state index contributed by atoms with van der Waals surface area (Å²) in [7, 11) is -2.68. The Morgan fingerprint density at radius 1 is 1.10 bits per heavy atom. The summed E-state index contributed by atoms with van der Waals surface area (Å²) in [5, 5.41) is 0.424. The Bertz CT molecular complexity index is 640. The van der Waals surface area contributed by atoms with E-state index >= 15 is 0 Å². The Hall–Kier alpha value is -1.59. The van der Waals surface area contributed by atoms with E-state index in [9.17, 15) is 4.21 Å². The van der Waals surface area contributed by atoms with Crippen molar-refractivity contribution < 1.29 is 8.63 Å². The van der Waals surface area contributed by atoms with Crippen LogP contribution >= 0.6 is 0 Å². The molecule has 1 aromatic carbocycles. The first kappa shape index (κ1) is 15.8. The van der Waals surface area contributed by atoms with Crippen molar-refractivity contribution in [2.75, 3.05) is 26.2 Å². The zero-order chi connectivity index (χ0) is 15.1. The molecule has 0 radical (unpaired) electrons. The van der Waals surface area contributed by atoms with Crippen LogP contribution in [0.2, 0.25) is 0 Å². The summed E-state index contributed by atoms with van der Waals surface area (Å²) in [5.41, 5.74) is 0. The molecule has 1 heterocycles. The van der Waals surface area contributed by atoms with Gasteiger partial charge in [-0.3, -0.25) is 0 Å². The molecule has 4 nitrogen and oxygen atoms in total. The average molecular weight is 306 g/mol. The number of hydrogen-bond donors (Lipinski definition) is 0. The topological polar surface area (TPSA) is 45.8 Å². The SMILES string of the molecule is CCN(CC)CCN=S(=O)(c1ccccc1)c1ccco1. The van der Waals surface area contributed by atoms with Gasteiger partial charge in [-0.15, -0.1) is 0 Å². The van der Waals surface area contributed by atoms with Crippen LogP contribution in [0.15, 0.2) is 67.5 Å². The summed E-state index contributed by atoms with van der Waals surface area (Å²) in [6.45, 7) is 7.50. The molecule has 1 atom stereocenters. The largest absolute Gasteiger partial charge is 0.454 e. The van der Waals surface area contributed by atoms with Crippen LogP contribution in [0.3, 0.4) is 0 Å². The van der Waals surface area contributed by atoms with Gasteiger partial charge in [0.2, 0.25) is 5.09 Å². The Labute approximate surface area is 127 Å². The summed E-state index contributed by atoms with van der Waals surface area (Å²) >= 11 is 0. The molecule has 1 unspecified atom stereocenters. The molecule has 21 heavy (non-hydrogen) atoms. The van der Waals surface area contributed by atoms with Gasteiger partial charge in [0, 0.05) is 6.54 Å². The van der Waals surface area contributed by atoms with Crippen LogP contribution in [0.5, 0.6) is 0 Å². The third-order valence-electron chi connectivity index (χ3n) is 3.41. The van der Waals surface area contributed by atoms with Crippen molar-refractivity contribution in [2.24, 2.45) is 4.36 Å². The molecule has 2 rings (SSSR count). The first-order valence-electron chi connectivity index (χ1n) is 7.24. The predicted molar refractivity (Wildman–Crippen MR) is 84.9 cm³/mol. The summed E-state index contributed by atoms with van der Waals surface area (Å²) in [6, 6.07) is 12.8. The molecule has 1 aromatic heterocycles. The summed E-state index contributed by atoms with van der Waals surface area (Å²) < 4.78 is 23.2. The molecule has 0 aliphatic heterocycles. The molecular weight excluding hydrogens is 284 g/mol. The first-order chi connectivity index (χ1) is 10.2. The third-order valence-corrected chi connectivity index (χ3v) is 5.65. The average Bonchev–Trinajstić information content (AvgIpc) is 3.07. The van der Waals surface area contributed by atoms with E-state index in [2.05, 4.69) is 23.1 Å². The zero-order valence-electron chi connectivity index (χ0n) is 12.6. The van der Waals surface area contributed by atoms with Crippen LogP contribution in [0.1, 0.15) is 13.8 Å². The first-order valence-corrected chi connectivity index (χ1v) is 8.76. The number of nitrogens with zero attached hydrogens (tertiary/aromatic N) is 2. The maximum absolute atomic E-state index is 13.3. The molecule has 0 N–H and O–H groups in total. The van der Waals surface area contributed by atoms with E-state index in [-0.39, 0.29) is 0 Å². The van der Waals surface area contributed by atoms with Gasteiger partial charge < -0.3 is 9.32 Å². The molecule has 0 bridgehead atoms. The minimum Gasteiger partial charge on any atom is -0.454 e. The van der Waals surface area contributed by atoms with Crippen molar-refractivity contribution in [1.29, 1.82) is 0 Å². The van der Waals surface area contributed by atoms with E-state index in [0.29, 0.717) is 16.5 Å². The van der Waals surface area contributed by atoms with Crippen molar-refractivity contribution in [3.63, 3.8) is 0 Å². The van der Waals surface area contributed by atoms with Gasteiger partial charge in [0.1, 0.15) is 9.73 Å². The van der Waals surface area contributed by atoms with Crippen molar-refractivity contribution in [3.8, 4) is 0 Å². The molecule has 0 aliphatic carbocycles. The van der Waals surface area contributed by atoms with Crippen molar-refractivity contribution in [3.05, 3.63) is 48.7 Å². The van der Waals surface area contributed by atoms with E-state index in [1.165, 1.54) is 6.26 Å². The van der Waals surface area contributed by atoms with Crippen LogP contribution in [0.25, 0.3) is 0 Å². The molecule has 0 spiro atoms. The predicted octanol–water partition coefficient (Wildman–Crippen LogP) is 3.51. The molecule has 0 saturated heterocycles. The number of likely N-dealkylation sites (N-methyl/N-ethyl adjacent to an activating group) is 1. The van der Waals surface area contributed by atoms with Crippen LogP contribution in [-0.2, 0) is 9.73 Å². The molecule has 0 saturated carbocycles. The second-order valence-electron chi connectivity index (χ2n) is 4.65. The van der Waals surface area contributed by atoms with Crippen LogP contribution in [-0.4, -0.2) is 35.3 Å². The smallest absolute Gasteiger partial charge is 0.203 e. The minimum absolute atomic E-state index is 0.424. The van der Waals surface area contributed by atoms with Gasteiger partial charge in [0.25, 0.3) is 0 Å². The molecular formula is C16H22N2O2S. The highest BCUT2D eigenvalue weighted by molar-refractivity contribution is 7.93. The summed E-state index contributed by atoms with van der Waals surface area (Å²) in [5.74, 6) is 0. The standard InChI is InChI=1S/C16H22N2O2S/c1-3-18(4-2)13-12-17-21(19,16-11-8-14-20-16)15-9-6-5-7-10-15/h5-11,14H,3-4,12-13H2,1-2H3. The van der Waals surface area contributed by atoms with E-state index in [0.717, 1.165) is 19.6 Å². The molecule has 5 heteroatoms. The van der Waals surface area contributed by atoms with Crippen LogP contribution < -0.4 is 0 Å². The lowest BCUT2D eigenvalue weighted by Crippen LogP contribution is -2.26. The van der Waals surface area contributed by atoms with Crippen molar-refractivity contribution >= 4 is 9.73 Å². The molecule has 0 fully saturated rings.